The average molecular weight is 245 g/mol. The van der Waals surface area contributed by atoms with E-state index < -0.39 is 0 Å². The van der Waals surface area contributed by atoms with Gasteiger partial charge >= 0.3 is 0 Å². The van der Waals surface area contributed by atoms with Crippen LogP contribution >= 0.6 is 0 Å². The highest BCUT2D eigenvalue weighted by Gasteiger charge is 2.13. The van der Waals surface area contributed by atoms with Gasteiger partial charge in [-0.1, -0.05) is 13.8 Å². The first-order valence-electron chi connectivity index (χ1n) is 6.10. The van der Waals surface area contributed by atoms with Gasteiger partial charge in [0.2, 0.25) is 0 Å². The minimum atomic E-state index is 0.436. The number of aryl methyl sites for hydroxylation is 1. The number of aromatic nitrogens is 1. The van der Waals surface area contributed by atoms with Gasteiger partial charge in [-0.3, -0.25) is 0 Å². The van der Waals surface area contributed by atoms with E-state index in [0.717, 1.165) is 28.1 Å². The molecular formula is C15H19NO2. The van der Waals surface area contributed by atoms with E-state index in [1.54, 1.807) is 14.2 Å². The van der Waals surface area contributed by atoms with Crippen molar-refractivity contribution in [2.24, 2.45) is 0 Å². The number of nitrogens with zero attached hydrogens (tertiary/aromatic N) is 1. The van der Waals surface area contributed by atoms with Crippen molar-refractivity contribution in [3.8, 4) is 11.5 Å². The van der Waals surface area contributed by atoms with Crippen LogP contribution in [0, 0.1) is 6.92 Å². The Morgan fingerprint density at radius 2 is 1.78 bits per heavy atom. The van der Waals surface area contributed by atoms with Crippen LogP contribution in [-0.4, -0.2) is 19.2 Å². The average Bonchev–Trinajstić information content (AvgIpc) is 2.36. The number of benzene rings is 1. The molecule has 1 aromatic heterocycles. The van der Waals surface area contributed by atoms with E-state index in [0.29, 0.717) is 5.92 Å². The topological polar surface area (TPSA) is 31.4 Å². The molecule has 2 rings (SSSR count). The number of ether oxygens (including phenoxy) is 2. The Kier molecular flexibility index (Phi) is 3.41. The number of methoxy groups -OCH3 is 2. The molecule has 0 atom stereocenters. The monoisotopic (exact) mass is 245 g/mol. The normalized spacial score (nSPS) is 11.0. The molecule has 2 aromatic rings. The van der Waals surface area contributed by atoms with Gasteiger partial charge in [-0.15, -0.1) is 0 Å². The Bertz CT molecular complexity index is 576. The van der Waals surface area contributed by atoms with Crippen LogP contribution in [0.25, 0.3) is 10.9 Å². The lowest BCUT2D eigenvalue weighted by atomic mass is 9.97. The van der Waals surface area contributed by atoms with E-state index in [9.17, 15) is 0 Å². The van der Waals surface area contributed by atoms with Gasteiger partial charge in [0.1, 0.15) is 17.0 Å². The predicted octanol–water partition coefficient (Wildman–Crippen LogP) is 3.68. The first-order valence-corrected chi connectivity index (χ1v) is 6.10. The minimum Gasteiger partial charge on any atom is -0.497 e. The van der Waals surface area contributed by atoms with Crippen molar-refractivity contribution in [1.82, 2.24) is 4.98 Å². The SMILES string of the molecule is COc1cc(OC)c2nc(C)cc(C(C)C)c2c1. The summed E-state index contributed by atoms with van der Waals surface area (Å²) in [6, 6.07) is 6.03. The first-order chi connectivity index (χ1) is 8.56. The highest BCUT2D eigenvalue weighted by atomic mass is 16.5. The molecule has 96 valence electrons. The van der Waals surface area contributed by atoms with Crippen molar-refractivity contribution in [2.75, 3.05) is 14.2 Å². The van der Waals surface area contributed by atoms with E-state index in [-0.39, 0.29) is 0 Å². The number of pyridine rings is 1. The van der Waals surface area contributed by atoms with Crippen molar-refractivity contribution in [3.05, 3.63) is 29.5 Å². The Labute approximate surface area is 108 Å². The number of hydrogen-bond donors (Lipinski definition) is 0. The first kappa shape index (κ1) is 12.7. The van der Waals surface area contributed by atoms with Crippen molar-refractivity contribution in [1.29, 1.82) is 0 Å². The molecule has 0 unspecified atom stereocenters. The van der Waals surface area contributed by atoms with Crippen molar-refractivity contribution >= 4 is 10.9 Å². The third-order valence-electron chi connectivity index (χ3n) is 3.09. The molecule has 18 heavy (non-hydrogen) atoms. The van der Waals surface area contributed by atoms with Gasteiger partial charge in [0, 0.05) is 17.1 Å². The van der Waals surface area contributed by atoms with Gasteiger partial charge in [0.05, 0.1) is 14.2 Å². The van der Waals surface area contributed by atoms with Gasteiger partial charge in [0.15, 0.2) is 0 Å². The van der Waals surface area contributed by atoms with Gasteiger partial charge in [0.25, 0.3) is 0 Å². The fraction of sp³-hybridized carbons (Fsp3) is 0.400. The standard InChI is InChI=1S/C15H19NO2/c1-9(2)12-6-10(3)16-15-13(12)7-11(17-4)8-14(15)18-5/h6-9H,1-5H3. The molecule has 3 heteroatoms. The Balaban J connectivity index is 2.85. The van der Waals surface area contributed by atoms with E-state index >= 15 is 0 Å². The summed E-state index contributed by atoms with van der Waals surface area (Å²) in [5.74, 6) is 1.99. The van der Waals surface area contributed by atoms with E-state index in [4.69, 9.17) is 9.47 Å². The zero-order valence-corrected chi connectivity index (χ0v) is 11.6. The summed E-state index contributed by atoms with van der Waals surface area (Å²) in [5.41, 5.74) is 3.19. The number of rotatable bonds is 3. The Morgan fingerprint density at radius 1 is 1.06 bits per heavy atom. The molecule has 0 fully saturated rings. The van der Waals surface area contributed by atoms with Crippen LogP contribution in [0.2, 0.25) is 0 Å². The van der Waals surface area contributed by atoms with Crippen LogP contribution in [0.4, 0.5) is 0 Å². The lowest BCUT2D eigenvalue weighted by Crippen LogP contribution is -1.97. The summed E-state index contributed by atoms with van der Waals surface area (Å²) in [4.78, 5) is 4.58. The van der Waals surface area contributed by atoms with Crippen molar-refractivity contribution < 1.29 is 9.47 Å². The molecular weight excluding hydrogens is 226 g/mol. The smallest absolute Gasteiger partial charge is 0.148 e. The lowest BCUT2D eigenvalue weighted by Gasteiger charge is -2.14. The molecule has 1 heterocycles. The molecule has 0 amide bonds. The molecule has 0 aliphatic carbocycles. The van der Waals surface area contributed by atoms with Crippen LogP contribution in [0.3, 0.4) is 0 Å². The largest absolute Gasteiger partial charge is 0.497 e. The zero-order valence-electron chi connectivity index (χ0n) is 11.6. The van der Waals surface area contributed by atoms with E-state index in [2.05, 4.69) is 24.9 Å². The van der Waals surface area contributed by atoms with Gasteiger partial charge in [-0.2, -0.15) is 0 Å². The van der Waals surface area contributed by atoms with Crippen molar-refractivity contribution in [2.45, 2.75) is 26.7 Å². The minimum absolute atomic E-state index is 0.436. The molecule has 0 saturated heterocycles. The second-order valence-electron chi connectivity index (χ2n) is 4.73. The van der Waals surface area contributed by atoms with Crippen LogP contribution in [0.5, 0.6) is 11.5 Å². The lowest BCUT2D eigenvalue weighted by molar-refractivity contribution is 0.397. The highest BCUT2D eigenvalue weighted by Crippen LogP contribution is 2.34. The number of hydrogen-bond acceptors (Lipinski definition) is 3. The van der Waals surface area contributed by atoms with Gasteiger partial charge in [-0.05, 0) is 30.5 Å². The van der Waals surface area contributed by atoms with Crippen LogP contribution < -0.4 is 9.47 Å². The van der Waals surface area contributed by atoms with Crippen LogP contribution in [0.1, 0.15) is 31.0 Å². The summed E-state index contributed by atoms with van der Waals surface area (Å²) in [6.07, 6.45) is 0. The molecule has 0 aliphatic rings. The third kappa shape index (κ3) is 2.13. The molecule has 0 bridgehead atoms. The quantitative estimate of drug-likeness (QED) is 0.826. The van der Waals surface area contributed by atoms with Gasteiger partial charge < -0.3 is 9.47 Å². The molecule has 0 N–H and O–H groups in total. The zero-order chi connectivity index (χ0) is 13.3. The summed E-state index contributed by atoms with van der Waals surface area (Å²) in [5, 5.41) is 1.10. The Morgan fingerprint density at radius 3 is 2.33 bits per heavy atom. The van der Waals surface area contributed by atoms with E-state index in [1.165, 1.54) is 5.56 Å². The second kappa shape index (κ2) is 4.84. The molecule has 0 saturated carbocycles. The maximum absolute atomic E-state index is 5.42. The Hall–Kier alpha value is -1.77. The highest BCUT2D eigenvalue weighted by molar-refractivity contribution is 5.89. The fourth-order valence-electron chi connectivity index (χ4n) is 2.18. The van der Waals surface area contributed by atoms with Crippen LogP contribution in [-0.2, 0) is 0 Å². The third-order valence-corrected chi connectivity index (χ3v) is 3.09. The molecule has 3 nitrogen and oxygen atoms in total. The predicted molar refractivity (Wildman–Crippen MR) is 73.7 cm³/mol. The van der Waals surface area contributed by atoms with Crippen molar-refractivity contribution in [3.63, 3.8) is 0 Å². The maximum Gasteiger partial charge on any atom is 0.148 e. The molecule has 1 aromatic carbocycles. The summed E-state index contributed by atoms with van der Waals surface area (Å²) < 4.78 is 10.7. The van der Waals surface area contributed by atoms with E-state index in [1.807, 2.05) is 19.1 Å². The fourth-order valence-corrected chi connectivity index (χ4v) is 2.18. The maximum atomic E-state index is 5.42. The summed E-state index contributed by atoms with van der Waals surface area (Å²) >= 11 is 0. The van der Waals surface area contributed by atoms with Gasteiger partial charge in [-0.25, -0.2) is 4.98 Å². The summed E-state index contributed by atoms with van der Waals surface area (Å²) in [7, 11) is 3.32. The van der Waals surface area contributed by atoms with Crippen LogP contribution in [0.15, 0.2) is 18.2 Å². The molecule has 0 aliphatic heterocycles. The second-order valence-corrected chi connectivity index (χ2v) is 4.73. The molecule has 0 spiro atoms. The molecule has 0 radical (unpaired) electrons. The number of fused-ring (bicyclic) bond motifs is 1. The summed E-state index contributed by atoms with van der Waals surface area (Å²) in [6.45, 7) is 6.37.